The third-order valence-corrected chi connectivity index (χ3v) is 5.63. The Morgan fingerprint density at radius 1 is 1.14 bits per heavy atom. The Kier molecular flexibility index (Phi) is 8.73. The van der Waals surface area contributed by atoms with Gasteiger partial charge in [0.2, 0.25) is 0 Å². The van der Waals surface area contributed by atoms with Crippen LogP contribution in [0.15, 0.2) is 40.9 Å². The fraction of sp³-hybridized carbons (Fsp3) is 0.455. The highest BCUT2D eigenvalue weighted by molar-refractivity contribution is 9.10. The third-order valence-electron chi connectivity index (χ3n) is 4.89. The molecule has 158 valence electrons. The minimum atomic E-state index is -0.254. The fourth-order valence-corrected chi connectivity index (χ4v) is 3.66. The molecule has 1 aliphatic rings. The van der Waals surface area contributed by atoms with Gasteiger partial charge < -0.3 is 19.5 Å². The minimum absolute atomic E-state index is 0.254. The van der Waals surface area contributed by atoms with Gasteiger partial charge in [0.1, 0.15) is 12.4 Å². The Hall–Kier alpha value is -1.67. The van der Waals surface area contributed by atoms with Crippen LogP contribution in [0.5, 0.6) is 11.5 Å². The van der Waals surface area contributed by atoms with E-state index in [2.05, 4.69) is 26.1 Å². The van der Waals surface area contributed by atoms with Crippen molar-refractivity contribution in [3.05, 3.63) is 57.8 Å². The summed E-state index contributed by atoms with van der Waals surface area (Å²) in [6, 6.07) is 10.2. The van der Waals surface area contributed by atoms with Gasteiger partial charge in [-0.3, -0.25) is 4.90 Å². The van der Waals surface area contributed by atoms with Crippen molar-refractivity contribution in [2.75, 3.05) is 46.5 Å². The number of hydrogen-bond donors (Lipinski definition) is 1. The molecule has 0 aliphatic carbocycles. The van der Waals surface area contributed by atoms with Gasteiger partial charge >= 0.3 is 0 Å². The number of benzene rings is 2. The van der Waals surface area contributed by atoms with E-state index in [1.807, 2.05) is 12.1 Å². The average molecular weight is 467 g/mol. The molecule has 1 N–H and O–H groups in total. The van der Waals surface area contributed by atoms with Crippen LogP contribution in [0, 0.1) is 5.82 Å². The average Bonchev–Trinajstić information content (AvgIpc) is 2.75. The van der Waals surface area contributed by atoms with Crippen molar-refractivity contribution in [1.29, 1.82) is 0 Å². The molecule has 0 radical (unpaired) electrons. The van der Waals surface area contributed by atoms with E-state index in [9.17, 15) is 4.39 Å². The van der Waals surface area contributed by atoms with Gasteiger partial charge in [-0.25, -0.2) is 4.39 Å². The zero-order valence-electron chi connectivity index (χ0n) is 16.8. The summed E-state index contributed by atoms with van der Waals surface area (Å²) >= 11 is 3.63. The smallest absolute Gasteiger partial charge is 0.162 e. The molecule has 1 aliphatic heterocycles. The first-order valence-corrected chi connectivity index (χ1v) is 10.7. The first-order chi connectivity index (χ1) is 14.2. The lowest BCUT2D eigenvalue weighted by Crippen LogP contribution is -2.37. The summed E-state index contributed by atoms with van der Waals surface area (Å²) in [5.41, 5.74) is 2.01. The molecule has 0 atom stereocenters. The molecule has 2 aromatic carbocycles. The van der Waals surface area contributed by atoms with E-state index in [4.69, 9.17) is 14.2 Å². The Bertz CT molecular complexity index is 767. The summed E-state index contributed by atoms with van der Waals surface area (Å²) in [6.07, 6.45) is 1.10. The molecule has 2 aromatic rings. The lowest BCUT2D eigenvalue weighted by molar-refractivity contribution is 0.0374. The highest BCUT2D eigenvalue weighted by Crippen LogP contribution is 2.34. The first-order valence-electron chi connectivity index (χ1n) is 9.90. The van der Waals surface area contributed by atoms with E-state index < -0.39 is 0 Å². The molecule has 5 nitrogen and oxygen atoms in total. The Morgan fingerprint density at radius 2 is 1.90 bits per heavy atom. The van der Waals surface area contributed by atoms with Gasteiger partial charge in [0, 0.05) is 24.1 Å². The van der Waals surface area contributed by atoms with E-state index in [-0.39, 0.29) is 5.82 Å². The monoisotopic (exact) mass is 466 g/mol. The zero-order chi connectivity index (χ0) is 20.5. The highest BCUT2D eigenvalue weighted by Gasteiger charge is 2.12. The summed E-state index contributed by atoms with van der Waals surface area (Å²) in [5.74, 6) is 1.08. The van der Waals surface area contributed by atoms with Crippen molar-refractivity contribution in [3.8, 4) is 11.5 Å². The lowest BCUT2D eigenvalue weighted by Gasteiger charge is -2.26. The largest absolute Gasteiger partial charge is 0.493 e. The maximum absolute atomic E-state index is 13.0. The number of methoxy groups -OCH3 is 1. The minimum Gasteiger partial charge on any atom is -0.493 e. The molecule has 1 heterocycles. The molecule has 1 saturated heterocycles. The molecule has 7 heteroatoms. The van der Waals surface area contributed by atoms with Crippen LogP contribution in [0.3, 0.4) is 0 Å². The maximum Gasteiger partial charge on any atom is 0.162 e. The van der Waals surface area contributed by atoms with Crippen LogP contribution >= 0.6 is 15.9 Å². The van der Waals surface area contributed by atoms with Crippen LogP contribution < -0.4 is 14.8 Å². The molecule has 1 fully saturated rings. The second-order valence-corrected chi connectivity index (χ2v) is 7.85. The predicted octanol–water partition coefficient (Wildman–Crippen LogP) is 3.99. The summed E-state index contributed by atoms with van der Waals surface area (Å²) in [7, 11) is 1.63. The number of hydrogen-bond acceptors (Lipinski definition) is 5. The van der Waals surface area contributed by atoms with Crippen LogP contribution in [0.1, 0.15) is 17.5 Å². The maximum atomic E-state index is 13.0. The molecule has 0 saturated carbocycles. The number of nitrogens with one attached hydrogen (secondary N) is 1. The fourth-order valence-electron chi connectivity index (χ4n) is 3.20. The van der Waals surface area contributed by atoms with E-state index in [0.717, 1.165) is 68.0 Å². The third kappa shape index (κ3) is 6.96. The number of rotatable bonds is 10. The first kappa shape index (κ1) is 22.0. The number of ether oxygens (including phenoxy) is 3. The molecular weight excluding hydrogens is 439 g/mol. The molecule has 0 bridgehead atoms. The van der Waals surface area contributed by atoms with Crippen LogP contribution in [-0.4, -0.2) is 51.4 Å². The summed E-state index contributed by atoms with van der Waals surface area (Å²) < 4.78 is 30.8. The van der Waals surface area contributed by atoms with Crippen molar-refractivity contribution in [2.24, 2.45) is 0 Å². The van der Waals surface area contributed by atoms with Gasteiger partial charge in [0.15, 0.2) is 11.5 Å². The number of halogens is 2. The Morgan fingerprint density at radius 3 is 2.62 bits per heavy atom. The lowest BCUT2D eigenvalue weighted by atomic mass is 10.2. The van der Waals surface area contributed by atoms with E-state index >= 15 is 0 Å². The molecule has 29 heavy (non-hydrogen) atoms. The Labute approximate surface area is 180 Å². The molecule has 0 amide bonds. The van der Waals surface area contributed by atoms with Crippen molar-refractivity contribution in [3.63, 3.8) is 0 Å². The van der Waals surface area contributed by atoms with Gasteiger partial charge in [0.25, 0.3) is 0 Å². The van der Waals surface area contributed by atoms with Crippen molar-refractivity contribution >= 4 is 15.9 Å². The van der Waals surface area contributed by atoms with Gasteiger partial charge in [-0.1, -0.05) is 28.1 Å². The van der Waals surface area contributed by atoms with Gasteiger partial charge in [-0.05, 0) is 54.9 Å². The topological polar surface area (TPSA) is 43.0 Å². The van der Waals surface area contributed by atoms with Crippen molar-refractivity contribution < 1.29 is 18.6 Å². The second-order valence-electron chi connectivity index (χ2n) is 6.99. The summed E-state index contributed by atoms with van der Waals surface area (Å²) in [4.78, 5) is 2.44. The summed E-state index contributed by atoms with van der Waals surface area (Å²) in [5, 5.41) is 3.50. The highest BCUT2D eigenvalue weighted by atomic mass is 79.9. The van der Waals surface area contributed by atoms with Gasteiger partial charge in [-0.15, -0.1) is 0 Å². The van der Waals surface area contributed by atoms with E-state index in [1.54, 1.807) is 19.2 Å². The standard InChI is InChI=1S/C22H28BrFN2O3/c1-27-21-13-18(15-25-7-2-8-26-9-11-28-12-10-26)20(23)14-22(21)29-16-17-3-5-19(24)6-4-17/h3-6,13-14,25H,2,7-12,15-16H2,1H3. The van der Waals surface area contributed by atoms with Crippen molar-refractivity contribution in [2.45, 2.75) is 19.6 Å². The molecule has 3 rings (SSSR count). The van der Waals surface area contributed by atoms with Crippen LogP contribution in [0.25, 0.3) is 0 Å². The molecule has 0 spiro atoms. The SMILES string of the molecule is COc1cc(CNCCCN2CCOCC2)c(Br)cc1OCc1ccc(F)cc1. The molecular formula is C22H28BrFN2O3. The van der Waals surface area contributed by atoms with Gasteiger partial charge in [0.05, 0.1) is 20.3 Å². The number of nitrogens with zero attached hydrogens (tertiary/aromatic N) is 1. The van der Waals surface area contributed by atoms with Crippen LogP contribution in [-0.2, 0) is 17.9 Å². The Balaban J connectivity index is 1.48. The molecule has 0 unspecified atom stereocenters. The summed E-state index contributed by atoms with van der Waals surface area (Å²) in [6.45, 7) is 6.89. The van der Waals surface area contributed by atoms with Gasteiger partial charge in [-0.2, -0.15) is 0 Å². The van der Waals surface area contributed by atoms with Crippen LogP contribution in [0.2, 0.25) is 0 Å². The van der Waals surface area contributed by atoms with Crippen molar-refractivity contribution in [1.82, 2.24) is 10.2 Å². The second kappa shape index (κ2) is 11.5. The predicted molar refractivity (Wildman–Crippen MR) is 115 cm³/mol. The van der Waals surface area contributed by atoms with Crippen LogP contribution in [0.4, 0.5) is 4.39 Å². The number of morpholine rings is 1. The molecule has 0 aromatic heterocycles. The normalized spacial score (nSPS) is 14.7. The van der Waals surface area contributed by atoms with E-state index in [0.29, 0.717) is 18.1 Å². The van der Waals surface area contributed by atoms with E-state index in [1.165, 1.54) is 12.1 Å². The zero-order valence-corrected chi connectivity index (χ0v) is 18.3. The quantitative estimate of drug-likeness (QED) is 0.536.